The summed E-state index contributed by atoms with van der Waals surface area (Å²) in [7, 11) is 0. The Labute approximate surface area is 457 Å². The molecule has 0 aliphatic heterocycles. The molecule has 6 heteroatoms. The van der Waals surface area contributed by atoms with Gasteiger partial charge in [-0.3, -0.25) is 0 Å². The van der Waals surface area contributed by atoms with Gasteiger partial charge in [0.2, 0.25) is 0 Å². The van der Waals surface area contributed by atoms with Crippen molar-refractivity contribution in [3.8, 4) is 20.9 Å². The molecule has 2 atom stereocenters. The average molecular weight is 1240 g/mol. The minimum atomic E-state index is -2.41. The molecule has 2 unspecified atom stereocenters. The zero-order chi connectivity index (χ0) is 50.2. The SMILES string of the molecule is CCCCCCCCCCC(CCCCCCCC)Cc1ccc(-c2c3c[c]([Sn]([CH3])([CH3])[CH3])sc3c(-c3ccc(CC(CCCCCCCC)CCCCCCCCCC)s3)c3c[c]([Sn]([CH3])([CH3])[CH3])sc23)s1. The van der Waals surface area contributed by atoms with Gasteiger partial charge in [0.15, 0.2) is 0 Å². The standard InChI is InChI=1S/C58H88S4.6CH3.2Sn/c1-5-9-13-17-21-23-27-31-35-47(33-29-25-19-15-11-7-3)45-49-37-39-53(61-49)55-51-41-43-60-58(51)56(52-42-44-59-57(52)55)54-40-38-50(62-54)46-48(34-30-26-20-16-12-8-4)36-32-28-24-22-18-14-10-6-2;;;;;;;;/h37-42,47-48H,5-36,45-46H2,1-4H3;6*1H3;;. The predicted octanol–water partition coefficient (Wildman–Crippen LogP) is 23.5. The molecule has 0 saturated carbocycles. The van der Waals surface area contributed by atoms with Crippen molar-refractivity contribution in [1.29, 1.82) is 0 Å². The molecule has 0 bridgehead atoms. The summed E-state index contributed by atoms with van der Waals surface area (Å²) in [6, 6.07) is 15.8. The van der Waals surface area contributed by atoms with Crippen LogP contribution in [0.4, 0.5) is 0 Å². The van der Waals surface area contributed by atoms with E-state index in [2.05, 4.69) is 139 Å². The van der Waals surface area contributed by atoms with Gasteiger partial charge in [-0.25, -0.2) is 0 Å². The van der Waals surface area contributed by atoms with Crippen molar-refractivity contribution in [2.45, 2.75) is 276 Å². The topological polar surface area (TPSA) is 0 Å². The summed E-state index contributed by atoms with van der Waals surface area (Å²) in [5.74, 6) is 1.65. The van der Waals surface area contributed by atoms with Crippen molar-refractivity contribution in [1.82, 2.24) is 0 Å². The van der Waals surface area contributed by atoms with Gasteiger partial charge in [-0.1, -0.05) is 156 Å². The second kappa shape index (κ2) is 33.3. The van der Waals surface area contributed by atoms with Crippen LogP contribution in [0.15, 0.2) is 36.4 Å². The van der Waals surface area contributed by atoms with E-state index in [1.807, 2.05) is 0 Å². The van der Waals surface area contributed by atoms with Gasteiger partial charge in [-0.15, -0.1) is 0 Å². The van der Waals surface area contributed by atoms with Crippen LogP contribution < -0.4 is 5.79 Å². The number of fused-ring (bicyclic) bond motifs is 2. The van der Waals surface area contributed by atoms with Gasteiger partial charge in [0, 0.05) is 0 Å². The van der Waals surface area contributed by atoms with Crippen molar-refractivity contribution in [2.24, 2.45) is 11.8 Å². The Morgan fingerprint density at radius 2 is 0.614 bits per heavy atom. The number of benzene rings is 1. The van der Waals surface area contributed by atoms with E-state index in [1.165, 1.54) is 218 Å². The van der Waals surface area contributed by atoms with Crippen LogP contribution >= 0.6 is 45.3 Å². The van der Waals surface area contributed by atoms with Crippen LogP contribution in [-0.4, -0.2) is 36.8 Å². The summed E-state index contributed by atoms with van der Waals surface area (Å²) in [6.07, 6.45) is 47.9. The molecule has 0 radical (unpaired) electrons. The quantitative estimate of drug-likeness (QED) is 0.0271. The van der Waals surface area contributed by atoms with Gasteiger partial charge < -0.3 is 0 Å². The molecule has 4 heterocycles. The first-order chi connectivity index (χ1) is 33.9. The van der Waals surface area contributed by atoms with Gasteiger partial charge in [0.1, 0.15) is 0 Å². The van der Waals surface area contributed by atoms with E-state index in [1.54, 1.807) is 56.6 Å². The first-order valence-corrected chi connectivity index (χ1v) is 53.3. The third-order valence-electron chi connectivity index (χ3n) is 15.6. The van der Waals surface area contributed by atoms with Crippen LogP contribution in [0.2, 0.25) is 29.6 Å². The normalized spacial score (nSPS) is 13.4. The molecule has 5 rings (SSSR count). The van der Waals surface area contributed by atoms with Crippen LogP contribution in [0.3, 0.4) is 0 Å². The molecule has 394 valence electrons. The van der Waals surface area contributed by atoms with Crippen LogP contribution in [0.25, 0.3) is 41.1 Å². The Bertz CT molecular complexity index is 1940. The molecule has 70 heavy (non-hydrogen) atoms. The number of thiophene rings is 4. The van der Waals surface area contributed by atoms with Crippen molar-refractivity contribution >= 4 is 108 Å². The van der Waals surface area contributed by atoms with Gasteiger partial charge in [0.25, 0.3) is 0 Å². The van der Waals surface area contributed by atoms with E-state index in [0.717, 1.165) is 11.8 Å². The minimum absolute atomic E-state index is 0.824. The molecule has 0 nitrogen and oxygen atoms in total. The Kier molecular flexibility index (Phi) is 29.0. The van der Waals surface area contributed by atoms with Gasteiger partial charge in [0.05, 0.1) is 0 Å². The maximum atomic E-state index is 2.74. The van der Waals surface area contributed by atoms with E-state index in [9.17, 15) is 0 Å². The van der Waals surface area contributed by atoms with Gasteiger partial charge >= 0.3 is 306 Å². The average Bonchev–Trinajstić information content (AvgIpc) is 4.17. The van der Waals surface area contributed by atoms with E-state index < -0.39 is 36.8 Å². The molecule has 0 fully saturated rings. The number of unbranched alkanes of at least 4 members (excludes halogenated alkanes) is 24. The molecule has 0 aliphatic carbocycles. The van der Waals surface area contributed by atoms with Gasteiger partial charge in [-0.2, -0.15) is 0 Å². The van der Waals surface area contributed by atoms with Crippen LogP contribution in [0.5, 0.6) is 0 Å². The maximum absolute atomic E-state index is 2.74. The predicted molar refractivity (Wildman–Crippen MR) is 335 cm³/mol. The molecule has 0 spiro atoms. The zero-order valence-electron chi connectivity index (χ0n) is 47.3. The molecule has 4 aromatic heterocycles. The summed E-state index contributed by atoms with van der Waals surface area (Å²) in [5.41, 5.74) is 3.18. The fourth-order valence-electron chi connectivity index (χ4n) is 11.1. The third-order valence-corrected chi connectivity index (χ3v) is 39.0. The van der Waals surface area contributed by atoms with Gasteiger partial charge in [-0.05, 0) is 0 Å². The Balaban J connectivity index is 1.45. The number of hydrogen-bond donors (Lipinski definition) is 0. The number of rotatable bonds is 40. The molecule has 1 aromatic carbocycles. The van der Waals surface area contributed by atoms with Crippen molar-refractivity contribution < 1.29 is 0 Å². The Morgan fingerprint density at radius 1 is 0.343 bits per heavy atom. The summed E-state index contributed by atoms with van der Waals surface area (Å²) >= 11 is 3.93. The summed E-state index contributed by atoms with van der Waals surface area (Å²) in [4.78, 5) is 22.2. The molecule has 0 aliphatic rings. The molecule has 0 saturated heterocycles. The molecular weight excluding hydrogens is 1130 g/mol. The van der Waals surface area contributed by atoms with E-state index >= 15 is 0 Å². The summed E-state index contributed by atoms with van der Waals surface area (Å²) in [5, 5.41) is 3.15. The first-order valence-electron chi connectivity index (χ1n) is 30.1. The van der Waals surface area contributed by atoms with E-state index in [0.29, 0.717) is 0 Å². The van der Waals surface area contributed by atoms with Crippen LogP contribution in [0, 0.1) is 11.8 Å². The van der Waals surface area contributed by atoms with Crippen LogP contribution in [0.1, 0.15) is 243 Å². The first kappa shape index (κ1) is 61.0. The second-order valence-corrected chi connectivity index (χ2v) is 59.5. The summed E-state index contributed by atoms with van der Waals surface area (Å²) < 4.78 is 6.67. The monoisotopic (exact) mass is 1240 g/mol. The van der Waals surface area contributed by atoms with E-state index in [-0.39, 0.29) is 0 Å². The van der Waals surface area contributed by atoms with Crippen molar-refractivity contribution in [2.75, 3.05) is 0 Å². The number of hydrogen-bond acceptors (Lipinski definition) is 4. The molecule has 0 amide bonds. The fraction of sp³-hybridized carbons (Fsp3) is 0.719. The Hall–Kier alpha value is 0.137. The van der Waals surface area contributed by atoms with Crippen molar-refractivity contribution in [3.05, 3.63) is 46.2 Å². The molecular formula is C64H106S4Sn2. The third kappa shape index (κ3) is 20.6. The van der Waals surface area contributed by atoms with E-state index in [4.69, 9.17) is 0 Å². The second-order valence-electron chi connectivity index (χ2n) is 24.3. The molecule has 5 aromatic rings. The van der Waals surface area contributed by atoms with Crippen LogP contribution in [-0.2, 0) is 12.8 Å². The Morgan fingerprint density at radius 3 is 0.886 bits per heavy atom. The molecule has 0 N–H and O–H groups in total. The summed E-state index contributed by atoms with van der Waals surface area (Å²) in [6.45, 7) is 9.37. The van der Waals surface area contributed by atoms with Crippen molar-refractivity contribution in [3.63, 3.8) is 0 Å². The zero-order valence-corrected chi connectivity index (χ0v) is 56.3. The fourth-order valence-corrected chi connectivity index (χ4v) is 26.5.